The molecule has 5 rings (SSSR count). The summed E-state index contributed by atoms with van der Waals surface area (Å²) in [4.78, 5) is 83.6. The predicted octanol–water partition coefficient (Wildman–Crippen LogP) is 3.21. The lowest BCUT2D eigenvalue weighted by molar-refractivity contribution is -0.141. The lowest BCUT2D eigenvalue weighted by Crippen LogP contribution is -2.58. The number of nitrogens with zero attached hydrogens (tertiary/aromatic N) is 2. The van der Waals surface area contributed by atoms with Gasteiger partial charge >= 0.3 is 12.2 Å². The molecule has 0 spiro atoms. The monoisotopic (exact) mass is 799 g/mol. The number of benzene rings is 1. The van der Waals surface area contributed by atoms with Gasteiger partial charge in [-0.2, -0.15) is 0 Å². The van der Waals surface area contributed by atoms with E-state index in [9.17, 15) is 41.6 Å². The van der Waals surface area contributed by atoms with Gasteiger partial charge < -0.3 is 25.0 Å². The molecule has 5 atom stereocenters. The normalized spacial score (nSPS) is 23.4. The van der Waals surface area contributed by atoms with E-state index in [2.05, 4.69) is 33.8 Å². The van der Waals surface area contributed by atoms with Crippen molar-refractivity contribution in [3.63, 3.8) is 0 Å². The zero-order chi connectivity index (χ0) is 41.4. The van der Waals surface area contributed by atoms with Crippen molar-refractivity contribution in [2.24, 2.45) is 11.3 Å². The van der Waals surface area contributed by atoms with E-state index < -0.39 is 97.4 Å². The third-order valence-electron chi connectivity index (χ3n) is 9.78. The number of hydrogen-bond acceptors (Lipinski definition) is 10. The number of carbonyl (C=O) groups excluding carboxylic acids is 6. The second kappa shape index (κ2) is 15.9. The molecular weight excluding hydrogens is 750 g/mol. The van der Waals surface area contributed by atoms with Gasteiger partial charge in [-0.25, -0.2) is 22.4 Å². The SMILES string of the molecule is C=C[C@@H]1C[C@]1(NC(=O)C1C[C@@H](OC(=O)N2Cc3cccc(F)c3C2)CN1C(=O)[C@H](CCC(=O)C#CC(C)(C)C)NC(=O)OC(C)(C)C)C(=O)NS(=O)(=O)C1CC1. The number of amides is 5. The zero-order valence-corrected chi connectivity index (χ0v) is 33.3. The first-order valence-corrected chi connectivity index (χ1v) is 20.1. The summed E-state index contributed by atoms with van der Waals surface area (Å²) >= 11 is 0. The van der Waals surface area contributed by atoms with Gasteiger partial charge in [-0.1, -0.05) is 24.1 Å². The summed E-state index contributed by atoms with van der Waals surface area (Å²) in [5.41, 5.74) is -2.16. The van der Waals surface area contributed by atoms with Crippen LogP contribution in [0.25, 0.3) is 0 Å². The highest BCUT2D eigenvalue weighted by atomic mass is 32.2. The molecule has 56 heavy (non-hydrogen) atoms. The number of halogens is 1. The van der Waals surface area contributed by atoms with E-state index in [0.717, 1.165) is 4.90 Å². The number of fused-ring (bicyclic) bond motifs is 1. The fourth-order valence-electron chi connectivity index (χ4n) is 6.62. The summed E-state index contributed by atoms with van der Waals surface area (Å²) in [5, 5.41) is 4.46. The highest BCUT2D eigenvalue weighted by molar-refractivity contribution is 7.91. The molecule has 1 unspecified atom stereocenters. The number of alkyl carbamates (subject to hydrolysis) is 1. The topological polar surface area (TPSA) is 198 Å². The van der Waals surface area contributed by atoms with E-state index in [-0.39, 0.29) is 45.3 Å². The highest BCUT2D eigenvalue weighted by Crippen LogP contribution is 2.45. The van der Waals surface area contributed by atoms with Crippen molar-refractivity contribution >= 4 is 45.7 Å². The number of ketones is 1. The summed E-state index contributed by atoms with van der Waals surface area (Å²) in [6, 6.07) is 1.71. The van der Waals surface area contributed by atoms with Crippen LogP contribution in [0.15, 0.2) is 30.9 Å². The molecule has 0 radical (unpaired) electrons. The van der Waals surface area contributed by atoms with Crippen molar-refractivity contribution in [1.29, 1.82) is 0 Å². The number of carbonyl (C=O) groups is 6. The Hall–Kier alpha value is -4.98. The maximum atomic E-state index is 14.5. The lowest BCUT2D eigenvalue weighted by Gasteiger charge is -2.30. The van der Waals surface area contributed by atoms with Crippen LogP contribution in [0.3, 0.4) is 0 Å². The fraction of sp³-hybridized carbons (Fsp3) is 0.590. The summed E-state index contributed by atoms with van der Waals surface area (Å²) in [6.45, 7) is 13.7. The molecule has 1 saturated heterocycles. The smallest absolute Gasteiger partial charge is 0.410 e. The number of Topliss-reactive ketones (excluding diaryl/α,β-unsaturated/α-hetero) is 1. The van der Waals surface area contributed by atoms with Gasteiger partial charge in [0, 0.05) is 36.3 Å². The molecule has 15 nitrogen and oxygen atoms in total. The Balaban J connectivity index is 1.40. The average Bonchev–Trinajstić information content (AvgIpc) is 3.98. The first-order valence-electron chi connectivity index (χ1n) is 18.6. The minimum absolute atomic E-state index is 0.0416. The quantitative estimate of drug-likeness (QED) is 0.160. The van der Waals surface area contributed by atoms with E-state index in [1.807, 2.05) is 20.8 Å². The Morgan fingerprint density at radius 3 is 2.38 bits per heavy atom. The number of ether oxygens (including phenoxy) is 2. The zero-order valence-electron chi connectivity index (χ0n) is 32.5. The highest BCUT2D eigenvalue weighted by Gasteiger charge is 2.62. The molecule has 304 valence electrons. The fourth-order valence-corrected chi connectivity index (χ4v) is 7.99. The van der Waals surface area contributed by atoms with Crippen molar-refractivity contribution in [3.05, 3.63) is 47.8 Å². The van der Waals surface area contributed by atoms with Gasteiger partial charge in [0.05, 0.1) is 18.3 Å². The Kier molecular flexibility index (Phi) is 12.0. The Labute approximate surface area is 326 Å². The molecule has 2 aliphatic carbocycles. The largest absolute Gasteiger partial charge is 0.444 e. The molecule has 5 amide bonds. The number of nitrogens with one attached hydrogen (secondary N) is 3. The van der Waals surface area contributed by atoms with Crippen LogP contribution in [-0.4, -0.2) is 95.0 Å². The van der Waals surface area contributed by atoms with Crippen molar-refractivity contribution in [2.75, 3.05) is 6.54 Å². The van der Waals surface area contributed by atoms with Crippen LogP contribution in [0.1, 0.15) is 91.2 Å². The molecule has 2 saturated carbocycles. The van der Waals surface area contributed by atoms with Gasteiger partial charge in [0.2, 0.25) is 27.6 Å². The van der Waals surface area contributed by atoms with Crippen LogP contribution in [0, 0.1) is 29.0 Å². The molecule has 1 aromatic carbocycles. The van der Waals surface area contributed by atoms with Crippen LogP contribution in [0.4, 0.5) is 14.0 Å². The molecule has 4 aliphatic rings. The minimum atomic E-state index is -3.98. The van der Waals surface area contributed by atoms with Crippen molar-refractivity contribution in [2.45, 2.75) is 128 Å². The molecule has 1 aromatic rings. The van der Waals surface area contributed by atoms with E-state index in [1.54, 1.807) is 26.8 Å². The van der Waals surface area contributed by atoms with Crippen LogP contribution in [0.5, 0.6) is 0 Å². The molecule has 3 N–H and O–H groups in total. The molecule has 17 heteroatoms. The Morgan fingerprint density at radius 1 is 1.09 bits per heavy atom. The molecular formula is C39H50FN5O10S. The van der Waals surface area contributed by atoms with Gasteiger partial charge in [-0.3, -0.25) is 28.8 Å². The van der Waals surface area contributed by atoms with Crippen LogP contribution in [0.2, 0.25) is 0 Å². The lowest BCUT2D eigenvalue weighted by atomic mass is 9.97. The predicted molar refractivity (Wildman–Crippen MR) is 200 cm³/mol. The van der Waals surface area contributed by atoms with Gasteiger partial charge in [0.15, 0.2) is 0 Å². The van der Waals surface area contributed by atoms with E-state index in [0.29, 0.717) is 24.0 Å². The molecule has 3 fully saturated rings. The summed E-state index contributed by atoms with van der Waals surface area (Å²) in [7, 11) is -3.98. The Morgan fingerprint density at radius 2 is 1.79 bits per heavy atom. The third-order valence-corrected chi connectivity index (χ3v) is 11.6. The van der Waals surface area contributed by atoms with Crippen LogP contribution >= 0.6 is 0 Å². The number of likely N-dealkylation sites (tertiary alicyclic amines) is 1. The first kappa shape index (κ1) is 42.2. The first-order chi connectivity index (χ1) is 26.0. The van der Waals surface area contributed by atoms with Gasteiger partial charge in [0.1, 0.15) is 35.1 Å². The van der Waals surface area contributed by atoms with Crippen molar-refractivity contribution < 1.29 is 51.0 Å². The second-order valence-electron chi connectivity index (χ2n) is 16.8. The summed E-state index contributed by atoms with van der Waals surface area (Å²) in [5.74, 6) is 1.20. The van der Waals surface area contributed by atoms with E-state index in [4.69, 9.17) is 9.47 Å². The second-order valence-corrected chi connectivity index (χ2v) is 18.8. The number of hydrogen-bond donors (Lipinski definition) is 3. The van der Waals surface area contributed by atoms with Crippen LogP contribution < -0.4 is 15.4 Å². The van der Waals surface area contributed by atoms with Crippen molar-refractivity contribution in [3.8, 4) is 11.8 Å². The van der Waals surface area contributed by atoms with Crippen molar-refractivity contribution in [1.82, 2.24) is 25.2 Å². The average molecular weight is 800 g/mol. The van der Waals surface area contributed by atoms with Crippen LogP contribution in [-0.2, 0) is 51.8 Å². The minimum Gasteiger partial charge on any atom is -0.444 e. The van der Waals surface area contributed by atoms with E-state index >= 15 is 0 Å². The molecule has 0 aromatic heterocycles. The van der Waals surface area contributed by atoms with Gasteiger partial charge in [-0.15, -0.1) is 6.58 Å². The molecule has 2 aliphatic heterocycles. The number of sulfonamides is 1. The summed E-state index contributed by atoms with van der Waals surface area (Å²) in [6.07, 6.45) is -1.32. The van der Waals surface area contributed by atoms with Gasteiger partial charge in [-0.05, 0) is 84.8 Å². The van der Waals surface area contributed by atoms with E-state index in [1.165, 1.54) is 23.1 Å². The molecule has 0 bridgehead atoms. The summed E-state index contributed by atoms with van der Waals surface area (Å²) < 4.78 is 53.1. The number of rotatable bonds is 12. The maximum Gasteiger partial charge on any atom is 0.410 e. The standard InChI is InChI=1S/C39H50FN5O10S/c1-8-24-19-39(24,34(49)43-56(52,53)27-13-14-27)42-32(47)31-18-26(54-36(51)44-20-23-10-9-11-29(40)28(23)22-44)21-45(31)33(48)30(41-35(50)55-38(5,6)7)15-12-25(46)16-17-37(2,3)4/h8-11,24,26-27,30-31H,1,12-15,18-22H2,2-7H3,(H,41,50)(H,42,47)(H,43,49)/t24-,26-,30+,31?,39-/m1/s1. The Bertz CT molecular complexity index is 1980. The molecule has 2 heterocycles. The van der Waals surface area contributed by atoms with Gasteiger partial charge in [0.25, 0.3) is 5.91 Å². The third kappa shape index (κ3) is 10.2. The maximum absolute atomic E-state index is 14.5.